The predicted octanol–water partition coefficient (Wildman–Crippen LogP) is 4.07. The van der Waals surface area contributed by atoms with Crippen LogP contribution in [0.5, 0.6) is 5.75 Å². The SMILES string of the molecule is COc1ccccc1CCNC(=NCc1ccc([N+](=O)[O-])cc1)NCC1CCCCO1.I. The van der Waals surface area contributed by atoms with Crippen LogP contribution in [0, 0.1) is 10.1 Å². The third-order valence-electron chi connectivity index (χ3n) is 5.22. The van der Waals surface area contributed by atoms with Crippen molar-refractivity contribution in [1.82, 2.24) is 10.6 Å². The molecule has 174 valence electrons. The summed E-state index contributed by atoms with van der Waals surface area (Å²) in [5.41, 5.74) is 2.11. The Bertz CT molecular complexity index is 871. The summed E-state index contributed by atoms with van der Waals surface area (Å²) in [6.07, 6.45) is 4.33. The number of rotatable bonds is 9. The number of nitrogens with one attached hydrogen (secondary N) is 2. The Morgan fingerprint density at radius 3 is 2.66 bits per heavy atom. The zero-order valence-corrected chi connectivity index (χ0v) is 20.6. The second-order valence-corrected chi connectivity index (χ2v) is 7.45. The van der Waals surface area contributed by atoms with Crippen LogP contribution in [0.2, 0.25) is 0 Å². The van der Waals surface area contributed by atoms with E-state index in [2.05, 4.69) is 21.7 Å². The molecular weight excluding hydrogens is 523 g/mol. The van der Waals surface area contributed by atoms with Gasteiger partial charge in [0.05, 0.1) is 24.7 Å². The van der Waals surface area contributed by atoms with Crippen molar-refractivity contribution in [1.29, 1.82) is 0 Å². The molecule has 1 heterocycles. The van der Waals surface area contributed by atoms with E-state index in [1.165, 1.54) is 18.6 Å². The average molecular weight is 554 g/mol. The molecule has 32 heavy (non-hydrogen) atoms. The van der Waals surface area contributed by atoms with E-state index in [0.717, 1.165) is 42.7 Å². The van der Waals surface area contributed by atoms with E-state index in [0.29, 0.717) is 25.6 Å². The van der Waals surface area contributed by atoms with Crippen molar-refractivity contribution < 1.29 is 14.4 Å². The number of aliphatic imine (C=N–C) groups is 1. The summed E-state index contributed by atoms with van der Waals surface area (Å²) in [4.78, 5) is 15.1. The smallest absolute Gasteiger partial charge is 0.269 e. The Balaban J connectivity index is 0.00000363. The first-order valence-corrected chi connectivity index (χ1v) is 10.6. The molecule has 1 fully saturated rings. The number of para-hydroxylation sites is 1. The number of nitro groups is 1. The zero-order chi connectivity index (χ0) is 21.9. The van der Waals surface area contributed by atoms with E-state index >= 15 is 0 Å². The summed E-state index contributed by atoms with van der Waals surface area (Å²) in [6, 6.07) is 14.4. The van der Waals surface area contributed by atoms with Crippen molar-refractivity contribution in [3.63, 3.8) is 0 Å². The number of hydrogen-bond acceptors (Lipinski definition) is 5. The fourth-order valence-corrected chi connectivity index (χ4v) is 3.47. The Hall–Kier alpha value is -2.40. The number of ether oxygens (including phenoxy) is 2. The Kier molecular flexibility index (Phi) is 11.2. The van der Waals surface area contributed by atoms with Crippen LogP contribution in [0.4, 0.5) is 5.69 Å². The molecule has 9 heteroatoms. The summed E-state index contributed by atoms with van der Waals surface area (Å²) >= 11 is 0. The first-order valence-electron chi connectivity index (χ1n) is 10.6. The van der Waals surface area contributed by atoms with Gasteiger partial charge in [-0.15, -0.1) is 24.0 Å². The number of nitro benzene ring substituents is 1. The van der Waals surface area contributed by atoms with E-state index in [4.69, 9.17) is 9.47 Å². The number of methoxy groups -OCH3 is 1. The lowest BCUT2D eigenvalue weighted by Crippen LogP contribution is -2.43. The molecule has 0 aromatic heterocycles. The maximum Gasteiger partial charge on any atom is 0.269 e. The molecule has 0 spiro atoms. The predicted molar refractivity (Wildman–Crippen MR) is 136 cm³/mol. The molecular formula is C23H31IN4O4. The number of guanidine groups is 1. The number of benzene rings is 2. The zero-order valence-electron chi connectivity index (χ0n) is 18.3. The normalized spacial score (nSPS) is 16.0. The first kappa shape index (κ1) is 25.9. The van der Waals surface area contributed by atoms with Gasteiger partial charge in [0.1, 0.15) is 5.75 Å². The summed E-state index contributed by atoms with van der Waals surface area (Å²) in [7, 11) is 1.68. The highest BCUT2D eigenvalue weighted by molar-refractivity contribution is 14.0. The Morgan fingerprint density at radius 2 is 1.97 bits per heavy atom. The third kappa shape index (κ3) is 8.27. The number of halogens is 1. The molecule has 2 N–H and O–H groups in total. The fourth-order valence-electron chi connectivity index (χ4n) is 3.47. The highest BCUT2D eigenvalue weighted by Gasteiger charge is 2.14. The van der Waals surface area contributed by atoms with Crippen molar-refractivity contribution in [2.45, 2.75) is 38.3 Å². The van der Waals surface area contributed by atoms with E-state index < -0.39 is 4.92 Å². The summed E-state index contributed by atoms with van der Waals surface area (Å²) in [6.45, 7) is 2.62. The largest absolute Gasteiger partial charge is 0.496 e. The van der Waals surface area contributed by atoms with Gasteiger partial charge < -0.3 is 20.1 Å². The van der Waals surface area contributed by atoms with Gasteiger partial charge in [-0.1, -0.05) is 30.3 Å². The molecule has 1 saturated heterocycles. The Morgan fingerprint density at radius 1 is 1.19 bits per heavy atom. The second kappa shape index (κ2) is 13.9. The Labute approximate surface area is 206 Å². The molecule has 0 bridgehead atoms. The van der Waals surface area contributed by atoms with Crippen molar-refractivity contribution >= 4 is 35.6 Å². The van der Waals surface area contributed by atoms with Gasteiger partial charge in [-0.3, -0.25) is 10.1 Å². The standard InChI is InChI=1S/C23H30N4O4.HI/c1-30-22-8-3-2-6-19(22)13-14-24-23(26-17-21-7-4-5-15-31-21)25-16-18-9-11-20(12-10-18)27(28)29;/h2-3,6,8-12,21H,4-5,7,13-17H2,1H3,(H2,24,25,26);1H. The number of non-ortho nitro benzene ring substituents is 1. The molecule has 1 atom stereocenters. The van der Waals surface area contributed by atoms with Gasteiger partial charge in [0, 0.05) is 31.8 Å². The summed E-state index contributed by atoms with van der Waals surface area (Å²) in [5, 5.41) is 17.6. The van der Waals surface area contributed by atoms with Gasteiger partial charge in [0.15, 0.2) is 5.96 Å². The molecule has 0 amide bonds. The molecule has 1 unspecified atom stereocenters. The molecule has 0 saturated carbocycles. The lowest BCUT2D eigenvalue weighted by Gasteiger charge is -2.24. The maximum absolute atomic E-state index is 10.8. The first-order chi connectivity index (χ1) is 15.2. The van der Waals surface area contributed by atoms with Crippen LogP contribution >= 0.6 is 24.0 Å². The molecule has 2 aromatic carbocycles. The molecule has 0 aliphatic carbocycles. The minimum atomic E-state index is -0.399. The highest BCUT2D eigenvalue weighted by atomic mass is 127. The maximum atomic E-state index is 10.8. The molecule has 3 rings (SSSR count). The molecule has 1 aliphatic heterocycles. The number of hydrogen-bond donors (Lipinski definition) is 2. The second-order valence-electron chi connectivity index (χ2n) is 7.45. The van der Waals surface area contributed by atoms with Crippen LogP contribution < -0.4 is 15.4 Å². The van der Waals surface area contributed by atoms with Gasteiger partial charge in [0.2, 0.25) is 0 Å². The lowest BCUT2D eigenvalue weighted by atomic mass is 10.1. The van der Waals surface area contributed by atoms with Crippen LogP contribution in [0.15, 0.2) is 53.5 Å². The molecule has 1 aliphatic rings. The van der Waals surface area contributed by atoms with Crippen LogP contribution in [0.25, 0.3) is 0 Å². The summed E-state index contributed by atoms with van der Waals surface area (Å²) < 4.78 is 11.2. The molecule has 2 aromatic rings. The van der Waals surface area contributed by atoms with Crippen LogP contribution in [0.3, 0.4) is 0 Å². The summed E-state index contributed by atoms with van der Waals surface area (Å²) in [5.74, 6) is 1.57. The average Bonchev–Trinajstić information content (AvgIpc) is 2.81. The minimum absolute atomic E-state index is 0. The van der Waals surface area contributed by atoms with Crippen molar-refractivity contribution in [3.8, 4) is 5.75 Å². The monoisotopic (exact) mass is 554 g/mol. The van der Waals surface area contributed by atoms with Crippen molar-refractivity contribution in [2.75, 3.05) is 26.8 Å². The third-order valence-corrected chi connectivity index (χ3v) is 5.22. The quantitative estimate of drug-likeness (QED) is 0.160. The topological polar surface area (TPSA) is 98.0 Å². The highest BCUT2D eigenvalue weighted by Crippen LogP contribution is 2.17. The lowest BCUT2D eigenvalue weighted by molar-refractivity contribution is -0.384. The minimum Gasteiger partial charge on any atom is -0.496 e. The number of nitrogens with zero attached hydrogens (tertiary/aromatic N) is 2. The fraction of sp³-hybridized carbons (Fsp3) is 0.435. The van der Waals surface area contributed by atoms with E-state index in [1.54, 1.807) is 19.2 Å². The van der Waals surface area contributed by atoms with Crippen LogP contribution in [0.1, 0.15) is 30.4 Å². The van der Waals surface area contributed by atoms with Crippen molar-refractivity contribution in [2.24, 2.45) is 4.99 Å². The van der Waals surface area contributed by atoms with Crippen LogP contribution in [-0.2, 0) is 17.7 Å². The van der Waals surface area contributed by atoms with Gasteiger partial charge in [-0.25, -0.2) is 4.99 Å². The molecule has 8 nitrogen and oxygen atoms in total. The molecule has 0 radical (unpaired) electrons. The van der Waals surface area contributed by atoms with Gasteiger partial charge >= 0.3 is 0 Å². The van der Waals surface area contributed by atoms with Gasteiger partial charge in [-0.05, 0) is 42.9 Å². The van der Waals surface area contributed by atoms with Gasteiger partial charge in [0.25, 0.3) is 5.69 Å². The van der Waals surface area contributed by atoms with Crippen LogP contribution in [-0.4, -0.2) is 43.8 Å². The van der Waals surface area contributed by atoms with Gasteiger partial charge in [-0.2, -0.15) is 0 Å². The van der Waals surface area contributed by atoms with E-state index in [-0.39, 0.29) is 35.8 Å². The van der Waals surface area contributed by atoms with E-state index in [9.17, 15) is 10.1 Å². The van der Waals surface area contributed by atoms with E-state index in [1.807, 2.05) is 18.2 Å². The van der Waals surface area contributed by atoms with Crippen molar-refractivity contribution in [3.05, 3.63) is 69.8 Å².